The highest BCUT2D eigenvalue weighted by atomic mass is 35.5. The first-order chi connectivity index (χ1) is 4.79. The van der Waals surface area contributed by atoms with Gasteiger partial charge in [0.15, 0.2) is 0 Å². The fraction of sp³-hybridized carbons (Fsp3) is 0.833. The molecular weight excluding hydrogens is 201 g/mol. The van der Waals surface area contributed by atoms with Gasteiger partial charge in [0.2, 0.25) is 0 Å². The summed E-state index contributed by atoms with van der Waals surface area (Å²) in [6.07, 6.45) is 0. The topological polar surface area (TPSA) is 62.3 Å². The fourth-order valence-corrected chi connectivity index (χ4v) is 1.00. The van der Waals surface area contributed by atoms with Crippen molar-refractivity contribution in [2.75, 3.05) is 32.8 Å². The molecule has 4 nitrogen and oxygen atoms in total. The van der Waals surface area contributed by atoms with Gasteiger partial charge in [0, 0.05) is 13.1 Å². The number of hydrogen-bond acceptors (Lipinski definition) is 3. The summed E-state index contributed by atoms with van der Waals surface area (Å²) in [4.78, 5) is 2.12. The molecule has 1 saturated heterocycles. The van der Waals surface area contributed by atoms with Crippen molar-refractivity contribution >= 4 is 30.6 Å². The molecule has 1 aliphatic rings. The largest absolute Gasteiger partial charge is 0.387 e. The Labute approximate surface area is 84.8 Å². The van der Waals surface area contributed by atoms with E-state index in [1.807, 2.05) is 0 Å². The average Bonchev–Trinajstić information content (AvgIpc) is 1.88. The van der Waals surface area contributed by atoms with Crippen LogP contribution in [0.1, 0.15) is 0 Å². The van der Waals surface area contributed by atoms with Crippen LogP contribution in [-0.4, -0.2) is 43.6 Å². The molecule has 1 heterocycles. The molecule has 0 atom stereocenters. The third-order valence-electron chi connectivity index (χ3n) is 1.50. The third kappa shape index (κ3) is 5.60. The summed E-state index contributed by atoms with van der Waals surface area (Å²) >= 11 is 0. The van der Waals surface area contributed by atoms with Gasteiger partial charge in [-0.15, -0.1) is 24.8 Å². The second-order valence-electron chi connectivity index (χ2n) is 2.41. The van der Waals surface area contributed by atoms with Gasteiger partial charge < -0.3 is 10.5 Å². The van der Waals surface area contributed by atoms with Crippen molar-refractivity contribution in [2.45, 2.75) is 0 Å². The van der Waals surface area contributed by atoms with Gasteiger partial charge in [0.1, 0.15) is 5.84 Å². The molecule has 0 aromatic heterocycles. The normalized spacial score (nSPS) is 17.3. The van der Waals surface area contributed by atoms with Gasteiger partial charge in [-0.3, -0.25) is 10.3 Å². The highest BCUT2D eigenvalue weighted by molar-refractivity contribution is 5.85. The van der Waals surface area contributed by atoms with Crippen molar-refractivity contribution in [1.29, 1.82) is 5.41 Å². The number of nitrogens with one attached hydrogen (secondary N) is 1. The summed E-state index contributed by atoms with van der Waals surface area (Å²) in [6.45, 7) is 3.93. The number of nitrogens with two attached hydrogens (primary N) is 1. The number of halogens is 2. The maximum atomic E-state index is 7.03. The Hall–Kier alpha value is -0.0300. The van der Waals surface area contributed by atoms with E-state index >= 15 is 0 Å². The Bertz CT molecular complexity index is 128. The van der Waals surface area contributed by atoms with Gasteiger partial charge in [-0.05, 0) is 0 Å². The van der Waals surface area contributed by atoms with Crippen molar-refractivity contribution in [3.63, 3.8) is 0 Å². The molecule has 0 bridgehead atoms. The number of nitrogens with zero attached hydrogens (tertiary/aromatic N) is 1. The van der Waals surface area contributed by atoms with Crippen molar-refractivity contribution in [3.05, 3.63) is 0 Å². The zero-order valence-corrected chi connectivity index (χ0v) is 8.42. The van der Waals surface area contributed by atoms with E-state index < -0.39 is 0 Å². The molecule has 0 unspecified atom stereocenters. The van der Waals surface area contributed by atoms with Crippen molar-refractivity contribution in [3.8, 4) is 0 Å². The molecule has 0 radical (unpaired) electrons. The second kappa shape index (κ2) is 7.61. The van der Waals surface area contributed by atoms with E-state index in [1.165, 1.54) is 0 Å². The van der Waals surface area contributed by atoms with Crippen LogP contribution in [0.15, 0.2) is 0 Å². The number of ether oxygens (including phenoxy) is 1. The Morgan fingerprint density at radius 2 is 1.83 bits per heavy atom. The van der Waals surface area contributed by atoms with E-state index in [0.717, 1.165) is 26.3 Å². The van der Waals surface area contributed by atoms with Gasteiger partial charge in [-0.2, -0.15) is 0 Å². The monoisotopic (exact) mass is 215 g/mol. The molecule has 1 fully saturated rings. The average molecular weight is 216 g/mol. The first-order valence-corrected chi connectivity index (χ1v) is 3.42. The van der Waals surface area contributed by atoms with Crippen LogP contribution in [0.4, 0.5) is 0 Å². The van der Waals surface area contributed by atoms with Crippen LogP contribution in [0.3, 0.4) is 0 Å². The molecule has 0 aromatic rings. The molecule has 1 aliphatic heterocycles. The lowest BCUT2D eigenvalue weighted by atomic mass is 10.4. The van der Waals surface area contributed by atoms with Crippen LogP contribution in [0.2, 0.25) is 0 Å². The molecule has 0 aliphatic carbocycles. The van der Waals surface area contributed by atoms with Gasteiger partial charge in [0.25, 0.3) is 0 Å². The van der Waals surface area contributed by atoms with E-state index in [1.54, 1.807) is 0 Å². The number of rotatable bonds is 2. The van der Waals surface area contributed by atoms with E-state index in [4.69, 9.17) is 15.9 Å². The molecule has 3 N–H and O–H groups in total. The van der Waals surface area contributed by atoms with Crippen LogP contribution in [-0.2, 0) is 4.74 Å². The maximum Gasteiger partial charge on any atom is 0.105 e. The summed E-state index contributed by atoms with van der Waals surface area (Å²) in [6, 6.07) is 0. The zero-order valence-electron chi connectivity index (χ0n) is 6.78. The van der Waals surface area contributed by atoms with Gasteiger partial charge in [-0.25, -0.2) is 0 Å². The lowest BCUT2D eigenvalue weighted by Crippen LogP contribution is -2.41. The Morgan fingerprint density at radius 1 is 1.33 bits per heavy atom. The second-order valence-corrected chi connectivity index (χ2v) is 2.41. The SMILES string of the molecule is Cl.Cl.N=C(N)CN1CCOCC1. The molecule has 0 saturated carbocycles. The lowest BCUT2D eigenvalue weighted by molar-refractivity contribution is 0.0451. The summed E-state index contributed by atoms with van der Waals surface area (Å²) in [5, 5.41) is 7.03. The van der Waals surface area contributed by atoms with Gasteiger partial charge in [-0.1, -0.05) is 0 Å². The molecule has 0 amide bonds. The standard InChI is InChI=1S/C6H13N3O.2ClH/c7-6(8)5-9-1-3-10-4-2-9;;/h1-5H2,(H3,7,8);2*1H. The van der Waals surface area contributed by atoms with Crippen molar-refractivity contribution in [2.24, 2.45) is 5.73 Å². The zero-order chi connectivity index (χ0) is 7.40. The number of amidine groups is 1. The maximum absolute atomic E-state index is 7.03. The number of morpholine rings is 1. The highest BCUT2D eigenvalue weighted by Gasteiger charge is 2.09. The lowest BCUT2D eigenvalue weighted by Gasteiger charge is -2.25. The minimum Gasteiger partial charge on any atom is -0.387 e. The first kappa shape index (κ1) is 14.5. The van der Waals surface area contributed by atoms with Gasteiger partial charge >= 0.3 is 0 Å². The van der Waals surface area contributed by atoms with E-state index in [0.29, 0.717) is 6.54 Å². The minimum atomic E-state index is 0. The molecule has 1 rings (SSSR count). The Balaban J connectivity index is 0. The summed E-state index contributed by atoms with van der Waals surface area (Å²) in [5.74, 6) is 0.238. The minimum absolute atomic E-state index is 0. The van der Waals surface area contributed by atoms with Crippen LogP contribution in [0.5, 0.6) is 0 Å². The van der Waals surface area contributed by atoms with Crippen LogP contribution >= 0.6 is 24.8 Å². The summed E-state index contributed by atoms with van der Waals surface area (Å²) < 4.78 is 5.13. The molecule has 0 spiro atoms. The number of hydrogen-bond donors (Lipinski definition) is 2. The van der Waals surface area contributed by atoms with E-state index in [-0.39, 0.29) is 30.6 Å². The van der Waals surface area contributed by atoms with Crippen molar-refractivity contribution in [1.82, 2.24) is 4.90 Å². The quantitative estimate of drug-likeness (QED) is 0.508. The fourth-order valence-electron chi connectivity index (χ4n) is 1.00. The van der Waals surface area contributed by atoms with Crippen LogP contribution in [0, 0.1) is 5.41 Å². The molecule has 0 aromatic carbocycles. The molecular formula is C6H15Cl2N3O. The smallest absolute Gasteiger partial charge is 0.105 e. The predicted octanol–water partition coefficient (Wildman–Crippen LogP) is 0.0982. The third-order valence-corrected chi connectivity index (χ3v) is 1.50. The highest BCUT2D eigenvalue weighted by Crippen LogP contribution is 1.94. The van der Waals surface area contributed by atoms with Crippen molar-refractivity contribution < 1.29 is 4.74 Å². The van der Waals surface area contributed by atoms with Crippen LogP contribution in [0.25, 0.3) is 0 Å². The molecule has 6 heteroatoms. The van der Waals surface area contributed by atoms with Crippen LogP contribution < -0.4 is 5.73 Å². The summed E-state index contributed by atoms with van der Waals surface area (Å²) in [7, 11) is 0. The Morgan fingerprint density at radius 3 is 2.25 bits per heavy atom. The van der Waals surface area contributed by atoms with E-state index in [2.05, 4.69) is 4.90 Å². The first-order valence-electron chi connectivity index (χ1n) is 3.42. The molecule has 74 valence electrons. The molecule has 12 heavy (non-hydrogen) atoms. The Kier molecular flexibility index (Phi) is 9.19. The summed E-state index contributed by atoms with van der Waals surface area (Å²) in [5.41, 5.74) is 5.22. The van der Waals surface area contributed by atoms with E-state index in [9.17, 15) is 0 Å². The van der Waals surface area contributed by atoms with Gasteiger partial charge in [0.05, 0.1) is 19.8 Å². The predicted molar refractivity (Wildman–Crippen MR) is 53.7 cm³/mol.